The normalized spacial score (nSPS) is 10.8. The fourth-order valence-electron chi connectivity index (χ4n) is 2.38. The van der Waals surface area contributed by atoms with Gasteiger partial charge in [-0.1, -0.05) is 30.3 Å². The summed E-state index contributed by atoms with van der Waals surface area (Å²) in [6.07, 6.45) is 0. The Morgan fingerprint density at radius 3 is 2.57 bits per heavy atom. The third-order valence-electron chi connectivity index (χ3n) is 3.53. The van der Waals surface area contributed by atoms with Gasteiger partial charge in [-0.3, -0.25) is 4.90 Å². The maximum absolute atomic E-state index is 14.0. The highest BCUT2D eigenvalue weighted by Gasteiger charge is 2.13. The van der Waals surface area contributed by atoms with Crippen molar-refractivity contribution < 1.29 is 19.0 Å². The van der Waals surface area contributed by atoms with Crippen LogP contribution in [0, 0.1) is 5.82 Å². The number of aliphatic hydroxyl groups excluding tert-OH is 1. The number of benzene rings is 2. The number of methoxy groups -OCH3 is 1. The molecule has 0 saturated carbocycles. The first kappa shape index (κ1) is 17.1. The molecular weight excluding hydrogens is 297 g/mol. The molecule has 23 heavy (non-hydrogen) atoms. The molecule has 0 aliphatic carbocycles. The molecule has 0 aliphatic rings. The van der Waals surface area contributed by atoms with Gasteiger partial charge in [0.05, 0.1) is 19.3 Å². The Bertz CT molecular complexity index is 646. The second-order valence-corrected chi connectivity index (χ2v) is 5.22. The number of hydrogen-bond donors (Lipinski definition) is 1. The minimum Gasteiger partial charge on any atom is -0.465 e. The van der Waals surface area contributed by atoms with E-state index in [1.165, 1.54) is 25.3 Å². The lowest BCUT2D eigenvalue weighted by molar-refractivity contribution is 0.0600. The van der Waals surface area contributed by atoms with Crippen molar-refractivity contribution in [2.75, 3.05) is 20.3 Å². The third kappa shape index (κ3) is 4.87. The summed E-state index contributed by atoms with van der Waals surface area (Å²) in [6, 6.07) is 13.9. The van der Waals surface area contributed by atoms with Gasteiger partial charge in [0.15, 0.2) is 0 Å². The van der Waals surface area contributed by atoms with Gasteiger partial charge in [0, 0.05) is 25.2 Å². The van der Waals surface area contributed by atoms with Crippen LogP contribution in [0.5, 0.6) is 0 Å². The molecule has 122 valence electrons. The van der Waals surface area contributed by atoms with Gasteiger partial charge in [-0.15, -0.1) is 0 Å². The summed E-state index contributed by atoms with van der Waals surface area (Å²) in [7, 11) is 1.29. The molecule has 0 heterocycles. The van der Waals surface area contributed by atoms with Crippen molar-refractivity contribution in [3.05, 3.63) is 71.0 Å². The summed E-state index contributed by atoms with van der Waals surface area (Å²) >= 11 is 0. The van der Waals surface area contributed by atoms with E-state index in [-0.39, 0.29) is 12.4 Å². The minimum absolute atomic E-state index is 0.0227. The predicted molar refractivity (Wildman–Crippen MR) is 85.4 cm³/mol. The van der Waals surface area contributed by atoms with Gasteiger partial charge >= 0.3 is 5.97 Å². The number of rotatable bonds is 7. The summed E-state index contributed by atoms with van der Waals surface area (Å²) in [6.45, 7) is 1.28. The van der Waals surface area contributed by atoms with Gasteiger partial charge in [0.1, 0.15) is 5.82 Å². The van der Waals surface area contributed by atoms with Crippen LogP contribution in [0.2, 0.25) is 0 Å². The Hall–Kier alpha value is -2.24. The van der Waals surface area contributed by atoms with Crippen LogP contribution in [0.25, 0.3) is 0 Å². The number of esters is 1. The SMILES string of the molecule is COC(=O)c1ccc(F)c(CN(CCO)Cc2ccccc2)c1. The second kappa shape index (κ2) is 8.41. The molecule has 1 N–H and O–H groups in total. The lowest BCUT2D eigenvalue weighted by Crippen LogP contribution is -2.26. The van der Waals surface area contributed by atoms with E-state index in [0.29, 0.717) is 30.8 Å². The Labute approximate surface area is 135 Å². The van der Waals surface area contributed by atoms with Crippen LogP contribution in [0.1, 0.15) is 21.5 Å². The number of aliphatic hydroxyl groups is 1. The third-order valence-corrected chi connectivity index (χ3v) is 3.53. The smallest absolute Gasteiger partial charge is 0.337 e. The number of nitrogens with zero attached hydrogens (tertiary/aromatic N) is 1. The summed E-state index contributed by atoms with van der Waals surface area (Å²) in [5, 5.41) is 9.23. The average Bonchev–Trinajstić information content (AvgIpc) is 2.57. The summed E-state index contributed by atoms with van der Waals surface area (Å²) in [5.41, 5.74) is 1.79. The van der Waals surface area contributed by atoms with Crippen molar-refractivity contribution in [1.29, 1.82) is 0 Å². The molecule has 2 aromatic rings. The number of hydrogen-bond acceptors (Lipinski definition) is 4. The summed E-state index contributed by atoms with van der Waals surface area (Å²) in [4.78, 5) is 13.5. The standard InChI is InChI=1S/C18H20FNO3/c1-23-18(22)15-7-8-17(19)16(11-15)13-20(9-10-21)12-14-5-3-2-4-6-14/h2-8,11,21H,9-10,12-13H2,1H3. The first-order chi connectivity index (χ1) is 11.1. The fraction of sp³-hybridized carbons (Fsp3) is 0.278. The molecule has 0 spiro atoms. The largest absolute Gasteiger partial charge is 0.465 e. The maximum Gasteiger partial charge on any atom is 0.337 e. The van der Waals surface area contributed by atoms with Crippen molar-refractivity contribution in [3.8, 4) is 0 Å². The van der Waals surface area contributed by atoms with Gasteiger partial charge in [0.25, 0.3) is 0 Å². The quantitative estimate of drug-likeness (QED) is 0.798. The Balaban J connectivity index is 2.17. The van der Waals surface area contributed by atoms with Crippen molar-refractivity contribution in [3.63, 3.8) is 0 Å². The highest BCUT2D eigenvalue weighted by Crippen LogP contribution is 2.16. The topological polar surface area (TPSA) is 49.8 Å². The Kier molecular flexibility index (Phi) is 6.26. The van der Waals surface area contributed by atoms with Crippen LogP contribution in [0.15, 0.2) is 48.5 Å². The summed E-state index contributed by atoms with van der Waals surface area (Å²) < 4.78 is 18.7. The van der Waals surface area contributed by atoms with Crippen molar-refractivity contribution in [1.82, 2.24) is 4.90 Å². The monoisotopic (exact) mass is 317 g/mol. The Morgan fingerprint density at radius 1 is 1.17 bits per heavy atom. The van der Waals surface area contributed by atoms with Gasteiger partial charge in [-0.2, -0.15) is 0 Å². The molecule has 0 unspecified atom stereocenters. The second-order valence-electron chi connectivity index (χ2n) is 5.22. The average molecular weight is 317 g/mol. The zero-order valence-electron chi connectivity index (χ0n) is 13.0. The van der Waals surface area contributed by atoms with Crippen LogP contribution < -0.4 is 0 Å². The molecule has 5 heteroatoms. The zero-order valence-corrected chi connectivity index (χ0v) is 13.0. The fourth-order valence-corrected chi connectivity index (χ4v) is 2.38. The number of ether oxygens (including phenoxy) is 1. The lowest BCUT2D eigenvalue weighted by Gasteiger charge is -2.22. The van der Waals surface area contributed by atoms with E-state index >= 15 is 0 Å². The maximum atomic E-state index is 14.0. The molecule has 0 fully saturated rings. The van der Waals surface area contributed by atoms with Crippen molar-refractivity contribution in [2.45, 2.75) is 13.1 Å². The van der Waals surface area contributed by atoms with Crippen LogP contribution in [-0.4, -0.2) is 36.2 Å². The van der Waals surface area contributed by atoms with E-state index < -0.39 is 5.97 Å². The lowest BCUT2D eigenvalue weighted by atomic mass is 10.1. The van der Waals surface area contributed by atoms with E-state index in [4.69, 9.17) is 0 Å². The van der Waals surface area contributed by atoms with Gasteiger partial charge in [-0.05, 0) is 23.8 Å². The molecule has 0 atom stereocenters. The van der Waals surface area contributed by atoms with E-state index in [0.717, 1.165) is 5.56 Å². The molecule has 0 radical (unpaired) electrons. The molecule has 0 aliphatic heterocycles. The predicted octanol–water partition coefficient (Wildman–Crippen LogP) is 2.61. The number of carbonyl (C=O) groups is 1. The van der Waals surface area contributed by atoms with Gasteiger partial charge in [0.2, 0.25) is 0 Å². The molecule has 2 rings (SSSR count). The van der Waals surface area contributed by atoms with E-state index in [1.54, 1.807) is 0 Å². The van der Waals surface area contributed by atoms with Crippen molar-refractivity contribution in [2.24, 2.45) is 0 Å². The van der Waals surface area contributed by atoms with E-state index in [1.807, 2.05) is 35.2 Å². The van der Waals surface area contributed by atoms with E-state index in [9.17, 15) is 14.3 Å². The molecular formula is C18H20FNO3. The zero-order chi connectivity index (χ0) is 16.7. The van der Waals surface area contributed by atoms with Crippen molar-refractivity contribution >= 4 is 5.97 Å². The van der Waals surface area contributed by atoms with E-state index in [2.05, 4.69) is 4.74 Å². The van der Waals surface area contributed by atoms with Gasteiger partial charge < -0.3 is 9.84 Å². The molecule has 0 bridgehead atoms. The molecule has 2 aromatic carbocycles. The molecule has 0 saturated heterocycles. The highest BCUT2D eigenvalue weighted by molar-refractivity contribution is 5.89. The minimum atomic E-state index is -0.497. The molecule has 0 aromatic heterocycles. The van der Waals surface area contributed by atoms with Crippen LogP contribution >= 0.6 is 0 Å². The first-order valence-corrected chi connectivity index (χ1v) is 7.38. The van der Waals surface area contributed by atoms with Gasteiger partial charge in [-0.25, -0.2) is 9.18 Å². The molecule has 0 amide bonds. The molecule has 4 nitrogen and oxygen atoms in total. The number of carbonyl (C=O) groups excluding carboxylic acids is 1. The van der Waals surface area contributed by atoms with Crippen LogP contribution in [0.4, 0.5) is 4.39 Å². The van der Waals surface area contributed by atoms with Crippen LogP contribution in [0.3, 0.4) is 0 Å². The highest BCUT2D eigenvalue weighted by atomic mass is 19.1. The summed E-state index contributed by atoms with van der Waals surface area (Å²) in [5.74, 6) is -0.878. The first-order valence-electron chi connectivity index (χ1n) is 7.38. The van der Waals surface area contributed by atoms with Crippen LogP contribution in [-0.2, 0) is 17.8 Å². The Morgan fingerprint density at radius 2 is 1.91 bits per heavy atom. The number of halogens is 1.